The quantitative estimate of drug-likeness (QED) is 0.772. The fourth-order valence-electron chi connectivity index (χ4n) is 2.60. The zero-order chi connectivity index (χ0) is 13.9. The summed E-state index contributed by atoms with van der Waals surface area (Å²) in [6.07, 6.45) is 4.60. The number of hydrogen-bond acceptors (Lipinski definition) is 3. The highest BCUT2D eigenvalue weighted by Crippen LogP contribution is 2.26. The lowest BCUT2D eigenvalue weighted by Gasteiger charge is -2.30. The number of carbonyl (C=O) groups excluding carboxylic acids is 1. The van der Waals surface area contributed by atoms with Gasteiger partial charge in [-0.1, -0.05) is 6.07 Å². The van der Waals surface area contributed by atoms with E-state index >= 15 is 0 Å². The number of amides is 1. The van der Waals surface area contributed by atoms with Crippen LogP contribution in [0.5, 0.6) is 5.75 Å². The summed E-state index contributed by atoms with van der Waals surface area (Å²) < 4.78 is 10.9. The zero-order valence-electron chi connectivity index (χ0n) is 11.7. The Morgan fingerprint density at radius 1 is 1.40 bits per heavy atom. The zero-order valence-corrected chi connectivity index (χ0v) is 11.7. The molecule has 2 aliphatic heterocycles. The van der Waals surface area contributed by atoms with Crippen LogP contribution in [0, 0.1) is 0 Å². The van der Waals surface area contributed by atoms with E-state index in [1.54, 1.807) is 6.08 Å². The van der Waals surface area contributed by atoms with Crippen molar-refractivity contribution in [2.45, 2.75) is 19.4 Å². The lowest BCUT2D eigenvalue weighted by Crippen LogP contribution is -2.43. The van der Waals surface area contributed by atoms with Crippen molar-refractivity contribution in [3.63, 3.8) is 0 Å². The number of hydrogen-bond donors (Lipinski definition) is 0. The van der Waals surface area contributed by atoms with Crippen molar-refractivity contribution in [1.82, 2.24) is 4.90 Å². The molecular weight excluding hydrogens is 254 g/mol. The number of morpholine rings is 1. The molecule has 1 saturated heterocycles. The van der Waals surface area contributed by atoms with Crippen molar-refractivity contribution in [3.05, 3.63) is 35.4 Å². The third-order valence-corrected chi connectivity index (χ3v) is 3.68. The van der Waals surface area contributed by atoms with E-state index in [0.29, 0.717) is 19.7 Å². The minimum atomic E-state index is 0.0527. The fraction of sp³-hybridized carbons (Fsp3) is 0.438. The molecule has 20 heavy (non-hydrogen) atoms. The van der Waals surface area contributed by atoms with E-state index in [0.717, 1.165) is 24.3 Å². The van der Waals surface area contributed by atoms with Gasteiger partial charge in [-0.3, -0.25) is 4.79 Å². The Morgan fingerprint density at radius 2 is 2.30 bits per heavy atom. The first kappa shape index (κ1) is 13.2. The number of benzene rings is 1. The third kappa shape index (κ3) is 2.85. The molecule has 0 bridgehead atoms. The number of carbonyl (C=O) groups is 1. The van der Waals surface area contributed by atoms with Crippen molar-refractivity contribution >= 4 is 12.0 Å². The van der Waals surface area contributed by atoms with Gasteiger partial charge in [0.2, 0.25) is 5.91 Å². The van der Waals surface area contributed by atoms with Gasteiger partial charge < -0.3 is 14.4 Å². The van der Waals surface area contributed by atoms with E-state index in [1.165, 1.54) is 5.56 Å². The maximum atomic E-state index is 12.1. The Labute approximate surface area is 119 Å². The number of rotatable bonds is 2. The van der Waals surface area contributed by atoms with E-state index in [-0.39, 0.29) is 12.0 Å². The van der Waals surface area contributed by atoms with Gasteiger partial charge in [-0.2, -0.15) is 0 Å². The molecule has 2 aliphatic rings. The molecule has 1 aromatic rings. The van der Waals surface area contributed by atoms with Crippen molar-refractivity contribution in [2.24, 2.45) is 0 Å². The molecular formula is C16H19NO3. The molecule has 3 rings (SSSR count). The van der Waals surface area contributed by atoms with E-state index in [1.807, 2.05) is 30.0 Å². The number of ether oxygens (including phenoxy) is 2. The molecule has 0 spiro atoms. The van der Waals surface area contributed by atoms with Crippen LogP contribution in [0.25, 0.3) is 6.08 Å². The smallest absolute Gasteiger partial charge is 0.246 e. The van der Waals surface area contributed by atoms with Crippen molar-refractivity contribution in [1.29, 1.82) is 0 Å². The average Bonchev–Trinajstić information content (AvgIpc) is 2.92. The first-order valence-electron chi connectivity index (χ1n) is 7.07. The minimum Gasteiger partial charge on any atom is -0.493 e. The van der Waals surface area contributed by atoms with Gasteiger partial charge in [-0.05, 0) is 36.3 Å². The average molecular weight is 273 g/mol. The van der Waals surface area contributed by atoms with Gasteiger partial charge in [0.15, 0.2) is 0 Å². The Bertz CT molecular complexity index is 539. The molecule has 1 aromatic carbocycles. The van der Waals surface area contributed by atoms with Gasteiger partial charge in [0.1, 0.15) is 5.75 Å². The van der Waals surface area contributed by atoms with Gasteiger partial charge in [-0.15, -0.1) is 0 Å². The maximum absolute atomic E-state index is 12.1. The highest BCUT2D eigenvalue weighted by molar-refractivity contribution is 5.91. The summed E-state index contributed by atoms with van der Waals surface area (Å²) in [6.45, 7) is 4.71. The lowest BCUT2D eigenvalue weighted by atomic mass is 10.1. The number of nitrogens with zero attached hydrogens (tertiary/aromatic N) is 1. The summed E-state index contributed by atoms with van der Waals surface area (Å²) in [6, 6.07) is 6.05. The molecule has 4 heteroatoms. The Hall–Kier alpha value is -1.81. The molecule has 0 saturated carbocycles. The van der Waals surface area contributed by atoms with Gasteiger partial charge in [0.05, 0.1) is 19.3 Å². The van der Waals surface area contributed by atoms with Crippen LogP contribution in [0.2, 0.25) is 0 Å². The fourth-order valence-corrected chi connectivity index (χ4v) is 2.60. The topological polar surface area (TPSA) is 38.8 Å². The van der Waals surface area contributed by atoms with Gasteiger partial charge in [0.25, 0.3) is 0 Å². The summed E-state index contributed by atoms with van der Waals surface area (Å²) in [5, 5.41) is 0. The Kier molecular flexibility index (Phi) is 3.74. The van der Waals surface area contributed by atoms with Crippen LogP contribution in [0.1, 0.15) is 18.1 Å². The maximum Gasteiger partial charge on any atom is 0.246 e. The molecule has 1 fully saturated rings. The highest BCUT2D eigenvalue weighted by atomic mass is 16.5. The largest absolute Gasteiger partial charge is 0.493 e. The third-order valence-electron chi connectivity index (χ3n) is 3.68. The van der Waals surface area contributed by atoms with E-state index in [9.17, 15) is 4.79 Å². The minimum absolute atomic E-state index is 0.0527. The number of fused-ring (bicyclic) bond motifs is 1. The summed E-state index contributed by atoms with van der Waals surface area (Å²) in [4.78, 5) is 13.9. The first-order chi connectivity index (χ1) is 9.72. The van der Waals surface area contributed by atoms with Crippen LogP contribution in [0.3, 0.4) is 0 Å². The summed E-state index contributed by atoms with van der Waals surface area (Å²) >= 11 is 0. The molecule has 1 amide bonds. The summed E-state index contributed by atoms with van der Waals surface area (Å²) in [7, 11) is 0. The van der Waals surface area contributed by atoms with Crippen LogP contribution in [-0.4, -0.2) is 43.2 Å². The van der Waals surface area contributed by atoms with E-state index in [4.69, 9.17) is 9.47 Å². The standard InChI is InChI=1S/C16H19NO3/c1-12-11-17(7-9-19-12)16(18)5-3-13-2-4-15-14(10-13)6-8-20-15/h2-5,10,12H,6-9,11H2,1H3/b5-3+. The second-order valence-corrected chi connectivity index (χ2v) is 5.26. The van der Waals surface area contributed by atoms with E-state index in [2.05, 4.69) is 6.07 Å². The summed E-state index contributed by atoms with van der Waals surface area (Å²) in [5.41, 5.74) is 2.27. The molecule has 0 aromatic heterocycles. The van der Waals surface area contributed by atoms with E-state index < -0.39 is 0 Å². The lowest BCUT2D eigenvalue weighted by molar-refractivity contribution is -0.132. The van der Waals surface area contributed by atoms with Gasteiger partial charge >= 0.3 is 0 Å². The Balaban J connectivity index is 1.66. The first-order valence-corrected chi connectivity index (χ1v) is 7.07. The molecule has 2 heterocycles. The summed E-state index contributed by atoms with van der Waals surface area (Å²) in [5.74, 6) is 1.02. The van der Waals surface area contributed by atoms with Crippen LogP contribution in [0.4, 0.5) is 0 Å². The molecule has 1 unspecified atom stereocenters. The molecule has 1 atom stereocenters. The predicted octanol–water partition coefficient (Wildman–Crippen LogP) is 1.88. The van der Waals surface area contributed by atoms with Gasteiger partial charge in [0, 0.05) is 25.6 Å². The molecule has 4 nitrogen and oxygen atoms in total. The van der Waals surface area contributed by atoms with Crippen molar-refractivity contribution < 1.29 is 14.3 Å². The van der Waals surface area contributed by atoms with Crippen molar-refractivity contribution in [2.75, 3.05) is 26.3 Å². The molecule has 0 N–H and O–H groups in total. The van der Waals surface area contributed by atoms with Gasteiger partial charge in [-0.25, -0.2) is 0 Å². The van der Waals surface area contributed by atoms with Crippen LogP contribution < -0.4 is 4.74 Å². The molecule has 106 valence electrons. The molecule has 0 aliphatic carbocycles. The second-order valence-electron chi connectivity index (χ2n) is 5.26. The SMILES string of the molecule is CC1CN(C(=O)/C=C/c2ccc3c(c2)CCO3)CCO1. The normalized spacial score (nSPS) is 21.9. The Morgan fingerprint density at radius 3 is 3.15 bits per heavy atom. The van der Waals surface area contributed by atoms with Crippen LogP contribution in [-0.2, 0) is 16.0 Å². The molecule has 0 radical (unpaired) electrons. The second kappa shape index (κ2) is 5.67. The van der Waals surface area contributed by atoms with Crippen LogP contribution in [0.15, 0.2) is 24.3 Å². The van der Waals surface area contributed by atoms with Crippen LogP contribution >= 0.6 is 0 Å². The van der Waals surface area contributed by atoms with Crippen molar-refractivity contribution in [3.8, 4) is 5.75 Å². The highest BCUT2D eigenvalue weighted by Gasteiger charge is 2.19. The predicted molar refractivity (Wildman–Crippen MR) is 76.7 cm³/mol. The monoisotopic (exact) mass is 273 g/mol.